The summed E-state index contributed by atoms with van der Waals surface area (Å²) in [5.41, 5.74) is 0.427. The summed E-state index contributed by atoms with van der Waals surface area (Å²) in [6.45, 7) is 3.89. The van der Waals surface area contributed by atoms with Gasteiger partial charge >= 0.3 is 6.36 Å². The maximum Gasteiger partial charge on any atom is 0.573 e. The smallest absolute Gasteiger partial charge is 0.399 e. The number of ether oxygens (including phenoxy) is 1. The molecule has 0 N–H and O–H groups in total. The molecule has 0 heterocycles. The zero-order valence-corrected chi connectivity index (χ0v) is 16.6. The van der Waals surface area contributed by atoms with Gasteiger partial charge in [-0.05, 0) is 92.7 Å². The van der Waals surface area contributed by atoms with Gasteiger partial charge in [-0.15, -0.1) is 19.8 Å². The molecule has 3 rings (SSSR count). The van der Waals surface area contributed by atoms with Gasteiger partial charge in [0.1, 0.15) is 0 Å². The van der Waals surface area contributed by atoms with Crippen molar-refractivity contribution in [3.8, 4) is 5.75 Å². The first-order valence-electron chi connectivity index (χ1n) is 10.6. The molecule has 0 radical (unpaired) electrons. The SMILES string of the molecule is C=CC1CCC(CCC2CCC(c3cc(F)c(OC(F)(F)F)c(F)c3)CC2)CC1. The van der Waals surface area contributed by atoms with E-state index in [1.165, 1.54) is 38.5 Å². The summed E-state index contributed by atoms with van der Waals surface area (Å²) in [6, 6.07) is 1.99. The van der Waals surface area contributed by atoms with Crippen molar-refractivity contribution >= 4 is 0 Å². The predicted molar refractivity (Wildman–Crippen MR) is 103 cm³/mol. The molecule has 2 fully saturated rings. The standard InChI is InChI=1S/C23H29F5O/c1-2-15-3-5-16(6-4-15)7-8-17-9-11-18(12-10-17)19-13-20(24)22(21(25)14-19)29-23(26,27)28/h2,13-18H,1,3-12H2. The van der Waals surface area contributed by atoms with Crippen LogP contribution in [-0.2, 0) is 0 Å². The van der Waals surface area contributed by atoms with E-state index in [1.807, 2.05) is 0 Å². The largest absolute Gasteiger partial charge is 0.573 e. The quantitative estimate of drug-likeness (QED) is 0.338. The first kappa shape index (κ1) is 22.1. The first-order valence-corrected chi connectivity index (χ1v) is 10.6. The van der Waals surface area contributed by atoms with Gasteiger partial charge in [-0.25, -0.2) is 8.78 Å². The zero-order valence-electron chi connectivity index (χ0n) is 16.6. The van der Waals surface area contributed by atoms with Crippen LogP contribution in [0.4, 0.5) is 22.0 Å². The Morgan fingerprint density at radius 1 is 0.862 bits per heavy atom. The number of rotatable bonds is 6. The van der Waals surface area contributed by atoms with E-state index in [9.17, 15) is 22.0 Å². The molecule has 0 unspecified atom stereocenters. The van der Waals surface area contributed by atoms with Crippen molar-refractivity contribution < 1.29 is 26.7 Å². The topological polar surface area (TPSA) is 9.23 Å². The lowest BCUT2D eigenvalue weighted by Gasteiger charge is -2.31. The van der Waals surface area contributed by atoms with E-state index in [2.05, 4.69) is 17.4 Å². The fourth-order valence-electron chi connectivity index (χ4n) is 5.00. The van der Waals surface area contributed by atoms with Gasteiger partial charge in [0.05, 0.1) is 0 Å². The van der Waals surface area contributed by atoms with E-state index in [-0.39, 0.29) is 5.92 Å². The number of benzene rings is 1. The Labute approximate surface area is 169 Å². The molecule has 29 heavy (non-hydrogen) atoms. The second kappa shape index (κ2) is 9.48. The Bertz CT molecular complexity index is 660. The molecule has 2 aliphatic rings. The fourth-order valence-corrected chi connectivity index (χ4v) is 5.00. The van der Waals surface area contributed by atoms with E-state index < -0.39 is 23.7 Å². The molecule has 162 valence electrons. The normalized spacial score (nSPS) is 28.2. The van der Waals surface area contributed by atoms with Crippen molar-refractivity contribution in [3.05, 3.63) is 42.0 Å². The van der Waals surface area contributed by atoms with Crippen molar-refractivity contribution in [2.45, 2.75) is 76.5 Å². The minimum Gasteiger partial charge on any atom is -0.399 e. The highest BCUT2D eigenvalue weighted by Crippen LogP contribution is 2.41. The summed E-state index contributed by atoms with van der Waals surface area (Å²) in [4.78, 5) is 0. The Kier molecular flexibility index (Phi) is 7.23. The molecule has 0 aliphatic heterocycles. The van der Waals surface area contributed by atoms with Gasteiger partial charge in [0.2, 0.25) is 5.75 Å². The van der Waals surface area contributed by atoms with E-state index in [0.29, 0.717) is 17.4 Å². The summed E-state index contributed by atoms with van der Waals surface area (Å²) in [7, 11) is 0. The lowest BCUT2D eigenvalue weighted by Crippen LogP contribution is -2.20. The molecule has 0 spiro atoms. The van der Waals surface area contributed by atoms with Gasteiger partial charge in [0.25, 0.3) is 0 Å². The molecule has 1 aromatic rings. The van der Waals surface area contributed by atoms with Crippen LogP contribution >= 0.6 is 0 Å². The Hall–Kier alpha value is -1.59. The van der Waals surface area contributed by atoms with Crippen LogP contribution < -0.4 is 4.74 Å². The highest BCUT2D eigenvalue weighted by molar-refractivity contribution is 5.33. The molecule has 0 aromatic heterocycles. The maximum atomic E-state index is 14.0. The highest BCUT2D eigenvalue weighted by Gasteiger charge is 2.34. The minimum absolute atomic E-state index is 0.0155. The predicted octanol–water partition coefficient (Wildman–Crippen LogP) is 7.91. The monoisotopic (exact) mass is 416 g/mol. The van der Waals surface area contributed by atoms with Gasteiger partial charge in [-0.3, -0.25) is 0 Å². The maximum absolute atomic E-state index is 14.0. The number of hydrogen-bond acceptors (Lipinski definition) is 1. The molecule has 6 heteroatoms. The van der Waals surface area contributed by atoms with Gasteiger partial charge in [0.15, 0.2) is 11.6 Å². The van der Waals surface area contributed by atoms with Crippen LogP contribution in [-0.4, -0.2) is 6.36 Å². The van der Waals surface area contributed by atoms with E-state index in [1.54, 1.807) is 0 Å². The molecule has 0 saturated heterocycles. The summed E-state index contributed by atoms with van der Waals surface area (Å²) < 4.78 is 68.3. The van der Waals surface area contributed by atoms with Crippen LogP contribution in [0.15, 0.2) is 24.8 Å². The third-order valence-corrected chi connectivity index (χ3v) is 6.76. The third kappa shape index (κ3) is 6.19. The number of alkyl halides is 3. The number of halogens is 5. The zero-order chi connectivity index (χ0) is 21.0. The number of hydrogen-bond donors (Lipinski definition) is 0. The molecule has 1 aromatic carbocycles. The van der Waals surface area contributed by atoms with E-state index in [4.69, 9.17) is 0 Å². The van der Waals surface area contributed by atoms with Crippen molar-refractivity contribution in [3.63, 3.8) is 0 Å². The van der Waals surface area contributed by atoms with Crippen LogP contribution in [0.1, 0.15) is 75.7 Å². The lowest BCUT2D eigenvalue weighted by molar-refractivity contribution is -0.276. The molecule has 0 bridgehead atoms. The summed E-state index contributed by atoms with van der Waals surface area (Å²) in [5.74, 6) is -1.88. The van der Waals surface area contributed by atoms with Crippen LogP contribution in [0.25, 0.3) is 0 Å². The molecular formula is C23H29F5O. The highest BCUT2D eigenvalue weighted by atomic mass is 19.4. The van der Waals surface area contributed by atoms with Crippen molar-refractivity contribution in [1.82, 2.24) is 0 Å². The average Bonchev–Trinajstić information content (AvgIpc) is 2.69. The molecule has 2 saturated carbocycles. The third-order valence-electron chi connectivity index (χ3n) is 6.76. The van der Waals surface area contributed by atoms with Gasteiger partial charge in [-0.2, -0.15) is 0 Å². The van der Waals surface area contributed by atoms with Gasteiger partial charge in [0, 0.05) is 0 Å². The Morgan fingerprint density at radius 2 is 1.34 bits per heavy atom. The van der Waals surface area contributed by atoms with Crippen LogP contribution in [0.3, 0.4) is 0 Å². The lowest BCUT2D eigenvalue weighted by atomic mass is 9.74. The summed E-state index contributed by atoms with van der Waals surface area (Å²) >= 11 is 0. The fraction of sp³-hybridized carbons (Fsp3) is 0.652. The van der Waals surface area contributed by atoms with Crippen LogP contribution in [0.5, 0.6) is 5.75 Å². The summed E-state index contributed by atoms with van der Waals surface area (Å²) in [6.07, 6.45) is 8.04. The van der Waals surface area contributed by atoms with Crippen LogP contribution in [0, 0.1) is 29.4 Å². The Morgan fingerprint density at radius 3 is 1.79 bits per heavy atom. The first-order chi connectivity index (χ1) is 13.7. The number of allylic oxidation sites excluding steroid dienone is 1. The molecule has 2 aliphatic carbocycles. The second-order valence-corrected chi connectivity index (χ2v) is 8.67. The molecule has 1 nitrogen and oxygen atoms in total. The second-order valence-electron chi connectivity index (χ2n) is 8.67. The molecular weight excluding hydrogens is 387 g/mol. The van der Waals surface area contributed by atoms with Crippen molar-refractivity contribution in [2.75, 3.05) is 0 Å². The van der Waals surface area contributed by atoms with Crippen molar-refractivity contribution in [2.24, 2.45) is 17.8 Å². The van der Waals surface area contributed by atoms with E-state index in [0.717, 1.165) is 43.7 Å². The average molecular weight is 416 g/mol. The molecule has 0 atom stereocenters. The van der Waals surface area contributed by atoms with Gasteiger partial charge < -0.3 is 4.74 Å². The minimum atomic E-state index is -5.12. The molecule has 0 amide bonds. The van der Waals surface area contributed by atoms with E-state index >= 15 is 0 Å². The van der Waals surface area contributed by atoms with Crippen LogP contribution in [0.2, 0.25) is 0 Å². The van der Waals surface area contributed by atoms with Crippen molar-refractivity contribution in [1.29, 1.82) is 0 Å². The summed E-state index contributed by atoms with van der Waals surface area (Å²) in [5, 5.41) is 0. The van der Waals surface area contributed by atoms with Gasteiger partial charge in [-0.1, -0.05) is 18.9 Å². The Balaban J connectivity index is 1.48.